The maximum Gasteiger partial charge on any atom is 0.315 e. The van der Waals surface area contributed by atoms with Crippen LogP contribution in [0.3, 0.4) is 0 Å². The fourth-order valence-corrected chi connectivity index (χ4v) is 5.48. The van der Waals surface area contributed by atoms with Crippen LogP contribution in [-0.2, 0) is 10.3 Å². The van der Waals surface area contributed by atoms with Crippen LogP contribution in [0.15, 0.2) is 18.2 Å². The highest BCUT2D eigenvalue weighted by Gasteiger charge is 2.42. The summed E-state index contributed by atoms with van der Waals surface area (Å²) >= 11 is 14.0. The molecule has 3 N–H and O–H groups in total. The van der Waals surface area contributed by atoms with Crippen molar-refractivity contribution in [2.75, 3.05) is 5.75 Å². The van der Waals surface area contributed by atoms with Crippen molar-refractivity contribution in [2.45, 2.75) is 62.4 Å². The van der Waals surface area contributed by atoms with Gasteiger partial charge in [-0.25, -0.2) is 4.79 Å². The second kappa shape index (κ2) is 8.50. The number of urea groups is 1. The molecule has 1 aromatic carbocycles. The van der Waals surface area contributed by atoms with Gasteiger partial charge in [-0.15, -0.1) is 0 Å². The third-order valence-electron chi connectivity index (χ3n) is 5.17. The molecule has 2 heterocycles. The Bertz CT molecular complexity index is 729. The van der Waals surface area contributed by atoms with E-state index >= 15 is 0 Å². The summed E-state index contributed by atoms with van der Waals surface area (Å²) in [4.78, 5) is 23.8. The van der Waals surface area contributed by atoms with Crippen LogP contribution in [0.1, 0.15) is 45.1 Å². The van der Waals surface area contributed by atoms with Crippen LogP contribution in [-0.4, -0.2) is 35.0 Å². The number of rotatable bonds is 7. The van der Waals surface area contributed by atoms with E-state index in [0.29, 0.717) is 21.7 Å². The standard InChI is InChI=1S/C19H25Cl2N3O2S/c1-19(2,11-7-8-12(20)13(21)9-11)24-16(25)6-4-3-5-15-17-14(10-27-15)22-18(26)23-17/h7-9,14-15,17H,3-6,10H2,1-2H3,(H,24,25)(H2,22,23,26)/t14-,15-,17-/m0/s1. The fourth-order valence-electron chi connectivity index (χ4n) is 3.64. The van der Waals surface area contributed by atoms with Crippen molar-refractivity contribution in [3.8, 4) is 0 Å². The Morgan fingerprint density at radius 1 is 1.26 bits per heavy atom. The number of hydrogen-bond acceptors (Lipinski definition) is 3. The minimum atomic E-state index is -0.514. The first-order chi connectivity index (χ1) is 12.8. The number of fused-ring (bicyclic) bond motifs is 1. The smallest absolute Gasteiger partial charge is 0.315 e. The van der Waals surface area contributed by atoms with E-state index in [-0.39, 0.29) is 24.0 Å². The molecule has 0 unspecified atom stereocenters. The lowest BCUT2D eigenvalue weighted by atomic mass is 9.94. The van der Waals surface area contributed by atoms with Crippen LogP contribution < -0.4 is 16.0 Å². The van der Waals surface area contributed by atoms with E-state index in [0.717, 1.165) is 30.6 Å². The molecule has 8 heteroatoms. The van der Waals surface area contributed by atoms with Crippen molar-refractivity contribution in [1.29, 1.82) is 0 Å². The van der Waals surface area contributed by atoms with E-state index < -0.39 is 5.54 Å². The van der Waals surface area contributed by atoms with E-state index in [1.54, 1.807) is 12.1 Å². The van der Waals surface area contributed by atoms with Gasteiger partial charge >= 0.3 is 6.03 Å². The third kappa shape index (κ3) is 5.04. The minimum absolute atomic E-state index is 0.0267. The zero-order valence-corrected chi connectivity index (χ0v) is 17.8. The fraction of sp³-hybridized carbons (Fsp3) is 0.579. The SMILES string of the molecule is CC(C)(NC(=O)CCCC[C@@H]1SC[C@@H]2NC(=O)N[C@@H]21)c1ccc(Cl)c(Cl)c1. The van der Waals surface area contributed by atoms with Gasteiger partial charge in [0.25, 0.3) is 0 Å². The predicted molar refractivity (Wildman–Crippen MR) is 112 cm³/mol. The second-order valence-corrected chi connectivity index (χ2v) is 9.76. The largest absolute Gasteiger partial charge is 0.347 e. The summed E-state index contributed by atoms with van der Waals surface area (Å²) in [6.07, 6.45) is 3.30. The van der Waals surface area contributed by atoms with Crippen molar-refractivity contribution < 1.29 is 9.59 Å². The van der Waals surface area contributed by atoms with Crippen LogP contribution in [0.2, 0.25) is 10.0 Å². The van der Waals surface area contributed by atoms with Gasteiger partial charge < -0.3 is 16.0 Å². The van der Waals surface area contributed by atoms with Crippen molar-refractivity contribution in [3.05, 3.63) is 33.8 Å². The number of amides is 3. The second-order valence-electron chi connectivity index (χ2n) is 7.67. The van der Waals surface area contributed by atoms with Gasteiger partial charge in [0.05, 0.1) is 27.7 Å². The number of unbranched alkanes of at least 4 members (excludes halogenated alkanes) is 1. The Labute approximate surface area is 174 Å². The lowest BCUT2D eigenvalue weighted by Gasteiger charge is -2.27. The molecule has 1 aromatic rings. The van der Waals surface area contributed by atoms with E-state index in [1.165, 1.54) is 0 Å². The van der Waals surface area contributed by atoms with Gasteiger partial charge in [0.1, 0.15) is 0 Å². The summed E-state index contributed by atoms with van der Waals surface area (Å²) in [5.74, 6) is 0.991. The Hall–Kier alpha value is -1.11. The molecule has 3 amide bonds. The zero-order chi connectivity index (χ0) is 19.6. The van der Waals surface area contributed by atoms with Gasteiger partial charge in [-0.05, 0) is 44.4 Å². The molecule has 0 spiro atoms. The lowest BCUT2D eigenvalue weighted by Crippen LogP contribution is -2.40. The molecule has 27 heavy (non-hydrogen) atoms. The first kappa shape index (κ1) is 20.6. The molecule has 0 aromatic heterocycles. The number of halogens is 2. The number of benzene rings is 1. The maximum absolute atomic E-state index is 12.4. The highest BCUT2D eigenvalue weighted by Crippen LogP contribution is 2.33. The summed E-state index contributed by atoms with van der Waals surface area (Å²) in [7, 11) is 0. The normalized spacial score (nSPS) is 24.3. The van der Waals surface area contributed by atoms with Crippen molar-refractivity contribution >= 4 is 46.9 Å². The van der Waals surface area contributed by atoms with E-state index in [2.05, 4.69) is 16.0 Å². The summed E-state index contributed by atoms with van der Waals surface area (Å²) in [6.45, 7) is 3.91. The van der Waals surface area contributed by atoms with E-state index in [4.69, 9.17) is 23.2 Å². The van der Waals surface area contributed by atoms with Gasteiger partial charge in [-0.1, -0.05) is 35.7 Å². The summed E-state index contributed by atoms with van der Waals surface area (Å²) in [6, 6.07) is 5.84. The number of carbonyl (C=O) groups is 2. The molecule has 0 saturated carbocycles. The van der Waals surface area contributed by atoms with Crippen LogP contribution in [0.25, 0.3) is 0 Å². The van der Waals surface area contributed by atoms with Gasteiger partial charge in [-0.3, -0.25) is 4.79 Å². The highest BCUT2D eigenvalue weighted by molar-refractivity contribution is 8.00. The summed E-state index contributed by atoms with van der Waals surface area (Å²) in [5.41, 5.74) is 0.405. The molecule has 0 aliphatic carbocycles. The molecule has 148 valence electrons. The molecule has 0 bridgehead atoms. The molecule has 0 radical (unpaired) electrons. The highest BCUT2D eigenvalue weighted by atomic mass is 35.5. The zero-order valence-electron chi connectivity index (χ0n) is 15.5. The predicted octanol–water partition coefficient (Wildman–Crippen LogP) is 4.07. The van der Waals surface area contributed by atoms with E-state index in [9.17, 15) is 9.59 Å². The molecule has 2 saturated heterocycles. The van der Waals surface area contributed by atoms with Crippen LogP contribution in [0, 0.1) is 0 Å². The average molecular weight is 430 g/mol. The molecule has 5 nitrogen and oxygen atoms in total. The number of carbonyl (C=O) groups excluding carboxylic acids is 2. The molecule has 2 fully saturated rings. The molecule has 2 aliphatic heterocycles. The van der Waals surface area contributed by atoms with Crippen molar-refractivity contribution in [2.24, 2.45) is 0 Å². The Kier molecular flexibility index (Phi) is 6.49. The van der Waals surface area contributed by atoms with Crippen molar-refractivity contribution in [1.82, 2.24) is 16.0 Å². The quantitative estimate of drug-likeness (QED) is 0.451. The van der Waals surface area contributed by atoms with Crippen LogP contribution in [0.4, 0.5) is 4.79 Å². The molecule has 3 rings (SSSR count). The van der Waals surface area contributed by atoms with E-state index in [1.807, 2.05) is 31.7 Å². The van der Waals surface area contributed by atoms with Gasteiger partial charge in [0.15, 0.2) is 0 Å². The number of nitrogens with one attached hydrogen (secondary N) is 3. The van der Waals surface area contributed by atoms with Crippen LogP contribution >= 0.6 is 35.0 Å². The topological polar surface area (TPSA) is 70.2 Å². The minimum Gasteiger partial charge on any atom is -0.347 e. The summed E-state index contributed by atoms with van der Waals surface area (Å²) < 4.78 is 0. The Morgan fingerprint density at radius 2 is 2.04 bits per heavy atom. The number of hydrogen-bond donors (Lipinski definition) is 3. The maximum atomic E-state index is 12.4. The monoisotopic (exact) mass is 429 g/mol. The van der Waals surface area contributed by atoms with Gasteiger partial charge in [-0.2, -0.15) is 11.8 Å². The Morgan fingerprint density at radius 3 is 2.78 bits per heavy atom. The lowest BCUT2D eigenvalue weighted by molar-refractivity contribution is -0.122. The number of thioether (sulfide) groups is 1. The molecular formula is C19H25Cl2N3O2S. The molecule has 2 aliphatic rings. The first-order valence-electron chi connectivity index (χ1n) is 9.21. The summed E-state index contributed by atoms with van der Waals surface area (Å²) in [5, 5.41) is 10.5. The average Bonchev–Trinajstić information content (AvgIpc) is 3.13. The Balaban J connectivity index is 1.41. The van der Waals surface area contributed by atoms with Crippen molar-refractivity contribution in [3.63, 3.8) is 0 Å². The molecule has 3 atom stereocenters. The van der Waals surface area contributed by atoms with Crippen LogP contribution in [0.5, 0.6) is 0 Å². The third-order valence-corrected chi connectivity index (χ3v) is 7.42. The van der Waals surface area contributed by atoms with Gasteiger partial charge in [0, 0.05) is 17.4 Å². The first-order valence-corrected chi connectivity index (χ1v) is 11.0. The van der Waals surface area contributed by atoms with Gasteiger partial charge in [0.2, 0.25) is 5.91 Å². The molecular weight excluding hydrogens is 405 g/mol.